The van der Waals surface area contributed by atoms with Gasteiger partial charge in [-0.25, -0.2) is 4.98 Å². The molecule has 2 amide bonds. The molecule has 0 fully saturated rings. The van der Waals surface area contributed by atoms with Crippen LogP contribution < -0.4 is 11.1 Å². The van der Waals surface area contributed by atoms with Crippen molar-refractivity contribution in [2.75, 3.05) is 19.6 Å². The van der Waals surface area contributed by atoms with Crippen molar-refractivity contribution in [2.24, 2.45) is 5.73 Å². The zero-order chi connectivity index (χ0) is 12.3. The highest BCUT2D eigenvalue weighted by Crippen LogP contribution is 2.09. The van der Waals surface area contributed by atoms with Crippen molar-refractivity contribution < 1.29 is 9.59 Å². The lowest BCUT2D eigenvalue weighted by molar-refractivity contribution is -0.133. The Morgan fingerprint density at radius 2 is 2.29 bits per heavy atom. The Labute approximate surface area is 98.6 Å². The summed E-state index contributed by atoms with van der Waals surface area (Å²) in [4.78, 5) is 28.6. The number of carbonyl (C=O) groups is 2. The highest BCUT2D eigenvalue weighted by molar-refractivity contribution is 5.85. The van der Waals surface area contributed by atoms with Crippen LogP contribution in [-0.4, -0.2) is 45.9 Å². The zero-order valence-corrected chi connectivity index (χ0v) is 9.43. The summed E-state index contributed by atoms with van der Waals surface area (Å²) >= 11 is 0. The van der Waals surface area contributed by atoms with Gasteiger partial charge in [-0.3, -0.25) is 9.59 Å². The molecule has 2 rings (SSSR count). The van der Waals surface area contributed by atoms with Crippen LogP contribution in [0.5, 0.6) is 0 Å². The van der Waals surface area contributed by atoms with Gasteiger partial charge in [0.25, 0.3) is 0 Å². The fraction of sp³-hybridized carbons (Fsp3) is 0.500. The second-order valence-corrected chi connectivity index (χ2v) is 3.83. The summed E-state index contributed by atoms with van der Waals surface area (Å²) in [6.45, 7) is 1.77. The number of nitrogens with one attached hydrogen (secondary N) is 1. The number of fused-ring (bicyclic) bond motifs is 1. The molecule has 0 radical (unpaired) electrons. The van der Waals surface area contributed by atoms with Gasteiger partial charge in [0, 0.05) is 25.5 Å². The first-order valence-corrected chi connectivity index (χ1v) is 5.45. The number of rotatable bonds is 3. The van der Waals surface area contributed by atoms with Crippen LogP contribution in [0.2, 0.25) is 0 Å². The Hall–Kier alpha value is -1.89. The largest absolute Gasteiger partial charge is 0.346 e. The van der Waals surface area contributed by atoms with Gasteiger partial charge in [0.1, 0.15) is 5.82 Å². The number of imidazole rings is 1. The predicted octanol–water partition coefficient (Wildman–Crippen LogP) is -1.70. The van der Waals surface area contributed by atoms with Crippen LogP contribution in [0.4, 0.5) is 0 Å². The number of nitrogens with zero attached hydrogens (tertiary/aromatic N) is 3. The third-order valence-electron chi connectivity index (χ3n) is 2.72. The van der Waals surface area contributed by atoms with Gasteiger partial charge in [0.2, 0.25) is 11.8 Å². The quantitative estimate of drug-likeness (QED) is 0.655. The van der Waals surface area contributed by atoms with Crippen LogP contribution in [-0.2, 0) is 22.7 Å². The van der Waals surface area contributed by atoms with E-state index in [1.165, 1.54) is 0 Å². The summed E-state index contributed by atoms with van der Waals surface area (Å²) < 4.78 is 2.02. The van der Waals surface area contributed by atoms with Crippen molar-refractivity contribution >= 4 is 11.8 Å². The van der Waals surface area contributed by atoms with E-state index in [0.29, 0.717) is 13.1 Å². The average Bonchev–Trinajstić information content (AvgIpc) is 2.82. The lowest BCUT2D eigenvalue weighted by atomic mass is 10.3. The topological polar surface area (TPSA) is 93.2 Å². The molecule has 0 bridgehead atoms. The summed E-state index contributed by atoms with van der Waals surface area (Å²) in [7, 11) is 0. The smallest absolute Gasteiger partial charge is 0.242 e. The number of carbonyl (C=O) groups excluding carboxylic acids is 2. The minimum atomic E-state index is -0.322. The van der Waals surface area contributed by atoms with Crippen molar-refractivity contribution in [1.29, 1.82) is 0 Å². The Morgan fingerprint density at radius 1 is 1.47 bits per heavy atom. The second kappa shape index (κ2) is 4.96. The molecule has 1 aromatic rings. The Bertz CT molecular complexity index is 428. The highest BCUT2D eigenvalue weighted by Gasteiger charge is 2.20. The van der Waals surface area contributed by atoms with Crippen LogP contribution in [0.25, 0.3) is 0 Å². The summed E-state index contributed by atoms with van der Waals surface area (Å²) in [5, 5.41) is 2.46. The second-order valence-electron chi connectivity index (χ2n) is 3.83. The first kappa shape index (κ1) is 11.6. The van der Waals surface area contributed by atoms with Crippen molar-refractivity contribution in [3.05, 3.63) is 18.2 Å². The molecule has 7 nitrogen and oxygen atoms in total. The molecule has 0 saturated carbocycles. The summed E-state index contributed by atoms with van der Waals surface area (Å²) in [6.07, 6.45) is 3.62. The monoisotopic (exact) mass is 237 g/mol. The molecule has 1 aromatic heterocycles. The standard InChI is InChI=1S/C10H15N5O2/c11-5-9(16)13-6-10(17)15-4-3-14-2-1-12-8(14)7-15/h1-2H,3-7,11H2,(H,13,16). The SMILES string of the molecule is NCC(=O)NCC(=O)N1CCn2ccnc2C1. The van der Waals surface area contributed by atoms with Crippen molar-refractivity contribution in [3.63, 3.8) is 0 Å². The maximum atomic E-state index is 11.8. The zero-order valence-electron chi connectivity index (χ0n) is 9.43. The van der Waals surface area contributed by atoms with E-state index in [4.69, 9.17) is 5.73 Å². The van der Waals surface area contributed by atoms with E-state index in [9.17, 15) is 9.59 Å². The van der Waals surface area contributed by atoms with Gasteiger partial charge in [-0.2, -0.15) is 0 Å². The van der Waals surface area contributed by atoms with Crippen LogP contribution in [0.15, 0.2) is 12.4 Å². The predicted molar refractivity (Wildman–Crippen MR) is 59.7 cm³/mol. The number of nitrogens with two attached hydrogens (primary N) is 1. The van der Waals surface area contributed by atoms with Crippen LogP contribution in [0, 0.1) is 0 Å². The molecule has 3 N–H and O–H groups in total. The Balaban J connectivity index is 1.88. The lowest BCUT2D eigenvalue weighted by Gasteiger charge is -2.27. The molecule has 1 aliphatic rings. The van der Waals surface area contributed by atoms with E-state index >= 15 is 0 Å². The maximum absolute atomic E-state index is 11.8. The van der Waals surface area contributed by atoms with Crippen molar-refractivity contribution in [2.45, 2.75) is 13.1 Å². The number of amides is 2. The Morgan fingerprint density at radius 3 is 3.06 bits per heavy atom. The van der Waals surface area contributed by atoms with Crippen LogP contribution in [0.1, 0.15) is 5.82 Å². The van der Waals surface area contributed by atoms with E-state index < -0.39 is 0 Å². The van der Waals surface area contributed by atoms with Crippen molar-refractivity contribution in [3.8, 4) is 0 Å². The minimum absolute atomic E-state index is 0.00323. The van der Waals surface area contributed by atoms with Gasteiger partial charge < -0.3 is 20.5 Å². The van der Waals surface area contributed by atoms with Crippen LogP contribution in [0.3, 0.4) is 0 Å². The van der Waals surface area contributed by atoms with Gasteiger partial charge in [-0.15, -0.1) is 0 Å². The molecule has 0 aliphatic carbocycles. The average molecular weight is 237 g/mol. The third kappa shape index (κ3) is 2.62. The molecule has 0 aromatic carbocycles. The fourth-order valence-electron chi connectivity index (χ4n) is 1.74. The molecular weight excluding hydrogens is 222 g/mol. The van der Waals surface area contributed by atoms with E-state index in [0.717, 1.165) is 12.4 Å². The molecule has 92 valence electrons. The highest BCUT2D eigenvalue weighted by atomic mass is 16.2. The van der Waals surface area contributed by atoms with E-state index in [-0.39, 0.29) is 24.9 Å². The van der Waals surface area contributed by atoms with Gasteiger partial charge in [-0.05, 0) is 0 Å². The third-order valence-corrected chi connectivity index (χ3v) is 2.72. The molecule has 17 heavy (non-hydrogen) atoms. The summed E-state index contributed by atoms with van der Waals surface area (Å²) in [5.41, 5.74) is 5.14. The van der Waals surface area contributed by atoms with Crippen molar-refractivity contribution in [1.82, 2.24) is 19.8 Å². The van der Waals surface area contributed by atoms with E-state index in [2.05, 4.69) is 10.3 Å². The van der Waals surface area contributed by atoms with E-state index in [1.807, 2.05) is 10.8 Å². The Kier molecular flexibility index (Phi) is 3.38. The first-order valence-electron chi connectivity index (χ1n) is 5.45. The van der Waals surface area contributed by atoms with Gasteiger partial charge in [-0.1, -0.05) is 0 Å². The van der Waals surface area contributed by atoms with Gasteiger partial charge in [0.05, 0.1) is 19.6 Å². The molecule has 1 aliphatic heterocycles. The molecule has 0 spiro atoms. The number of aromatic nitrogens is 2. The van der Waals surface area contributed by atoms with Gasteiger partial charge >= 0.3 is 0 Å². The molecule has 0 atom stereocenters. The normalized spacial score (nSPS) is 14.3. The fourth-order valence-corrected chi connectivity index (χ4v) is 1.74. The van der Waals surface area contributed by atoms with Gasteiger partial charge in [0.15, 0.2) is 0 Å². The molecule has 2 heterocycles. The number of hydrogen-bond acceptors (Lipinski definition) is 4. The molecule has 0 saturated heterocycles. The summed E-state index contributed by atoms with van der Waals surface area (Å²) in [6, 6.07) is 0. The minimum Gasteiger partial charge on any atom is -0.346 e. The lowest BCUT2D eigenvalue weighted by Crippen LogP contribution is -2.44. The first-order chi connectivity index (χ1) is 8.20. The number of hydrogen-bond donors (Lipinski definition) is 2. The molecule has 7 heteroatoms. The van der Waals surface area contributed by atoms with Crippen LogP contribution >= 0.6 is 0 Å². The molecular formula is C10H15N5O2. The van der Waals surface area contributed by atoms with E-state index in [1.54, 1.807) is 11.1 Å². The molecule has 0 unspecified atom stereocenters. The maximum Gasteiger partial charge on any atom is 0.242 e. The summed E-state index contributed by atoms with van der Waals surface area (Å²) in [5.74, 6) is 0.438.